The Morgan fingerprint density at radius 1 is 1.15 bits per heavy atom. The SMILES string of the molecule is CC(C)NC(=O)c1nn(-c2ccc(F)cc2)c(/C=C/[C@H](O)C[C@@H](O)CC(=O)O)c1C(C)C.[NaH]. The van der Waals surface area contributed by atoms with Gasteiger partial charge in [-0.2, -0.15) is 5.10 Å². The molecule has 0 radical (unpaired) electrons. The number of carboxylic acid groups (broad SMARTS) is 1. The van der Waals surface area contributed by atoms with E-state index in [9.17, 15) is 24.2 Å². The van der Waals surface area contributed by atoms with E-state index in [-0.39, 0.29) is 59.5 Å². The average Bonchev–Trinajstić information content (AvgIpc) is 3.05. The number of carboxylic acids is 1. The number of rotatable bonds is 10. The average molecular weight is 472 g/mol. The quantitative estimate of drug-likeness (QED) is 0.394. The van der Waals surface area contributed by atoms with Crippen LogP contribution in [0.15, 0.2) is 30.3 Å². The Bertz CT molecular complexity index is 973. The van der Waals surface area contributed by atoms with Gasteiger partial charge in [-0.3, -0.25) is 9.59 Å². The molecule has 8 nitrogen and oxygen atoms in total. The van der Waals surface area contributed by atoms with Crippen LogP contribution < -0.4 is 5.32 Å². The summed E-state index contributed by atoms with van der Waals surface area (Å²) in [6.45, 7) is 7.48. The molecule has 176 valence electrons. The third-order valence-electron chi connectivity index (χ3n) is 4.64. The van der Waals surface area contributed by atoms with Crippen molar-refractivity contribution >= 4 is 47.5 Å². The molecule has 1 aromatic heterocycles. The molecule has 0 saturated carbocycles. The van der Waals surface area contributed by atoms with Gasteiger partial charge >= 0.3 is 35.5 Å². The summed E-state index contributed by atoms with van der Waals surface area (Å²) in [7, 11) is 0. The van der Waals surface area contributed by atoms with E-state index in [4.69, 9.17) is 5.11 Å². The van der Waals surface area contributed by atoms with E-state index in [0.29, 0.717) is 16.9 Å². The van der Waals surface area contributed by atoms with Crippen LogP contribution in [0.1, 0.15) is 68.2 Å². The van der Waals surface area contributed by atoms with Crippen LogP contribution in [0, 0.1) is 5.82 Å². The molecule has 1 amide bonds. The molecule has 0 unspecified atom stereocenters. The summed E-state index contributed by atoms with van der Waals surface area (Å²) in [6, 6.07) is 5.52. The standard InChI is InChI=1S/C23H30FN3O5.Na.H/c1-13(2)21-19(10-9-17(28)11-18(29)12-20(30)31)27(16-7-5-15(24)6-8-16)26-22(21)23(32)25-14(3)4;;/h5-10,13-14,17-18,28-29H,11-12H2,1-4H3,(H,25,32)(H,30,31);;/b10-9+;;/t17-,18+;;/m0../s1. The maximum absolute atomic E-state index is 13.4. The van der Waals surface area contributed by atoms with Crippen LogP contribution in [0.3, 0.4) is 0 Å². The van der Waals surface area contributed by atoms with E-state index < -0.39 is 30.4 Å². The molecule has 0 aliphatic rings. The Morgan fingerprint density at radius 2 is 1.76 bits per heavy atom. The van der Waals surface area contributed by atoms with E-state index in [1.54, 1.807) is 6.08 Å². The van der Waals surface area contributed by atoms with Gasteiger partial charge in [0.15, 0.2) is 5.69 Å². The molecule has 0 saturated heterocycles. The Hall–Kier alpha value is -2.04. The van der Waals surface area contributed by atoms with Crippen molar-refractivity contribution in [2.45, 2.75) is 64.7 Å². The molecule has 2 aromatic rings. The number of nitrogens with one attached hydrogen (secondary N) is 1. The minimum atomic E-state index is -1.20. The van der Waals surface area contributed by atoms with Gasteiger partial charge in [0.25, 0.3) is 5.91 Å². The van der Waals surface area contributed by atoms with Gasteiger partial charge in [0.1, 0.15) is 5.82 Å². The van der Waals surface area contributed by atoms with Crippen molar-refractivity contribution in [3.05, 3.63) is 53.1 Å². The second-order valence-corrected chi connectivity index (χ2v) is 8.23. The van der Waals surface area contributed by atoms with E-state index in [0.717, 1.165) is 0 Å². The van der Waals surface area contributed by atoms with E-state index >= 15 is 0 Å². The molecule has 0 aliphatic carbocycles. The fourth-order valence-corrected chi connectivity index (χ4v) is 3.29. The number of aliphatic hydroxyl groups is 2. The van der Waals surface area contributed by atoms with Gasteiger partial charge in [-0.15, -0.1) is 0 Å². The zero-order chi connectivity index (χ0) is 24.0. The normalized spacial score (nSPS) is 13.2. The number of carbonyl (C=O) groups is 2. The van der Waals surface area contributed by atoms with Crippen molar-refractivity contribution in [1.29, 1.82) is 0 Å². The summed E-state index contributed by atoms with van der Waals surface area (Å²) in [5.74, 6) is -2.03. The third-order valence-corrected chi connectivity index (χ3v) is 4.64. The predicted octanol–water partition coefficient (Wildman–Crippen LogP) is 2.22. The number of nitrogens with zero attached hydrogens (tertiary/aromatic N) is 2. The van der Waals surface area contributed by atoms with Crippen LogP contribution in [0.5, 0.6) is 0 Å². The first-order valence-corrected chi connectivity index (χ1v) is 10.4. The summed E-state index contributed by atoms with van der Waals surface area (Å²) >= 11 is 0. The Kier molecular flexibility index (Phi) is 11.4. The number of hydrogen-bond donors (Lipinski definition) is 4. The minimum absolute atomic E-state index is 0. The molecule has 0 spiro atoms. The van der Waals surface area contributed by atoms with Gasteiger partial charge in [0.2, 0.25) is 0 Å². The molecule has 4 N–H and O–H groups in total. The number of aliphatic hydroxyl groups excluding tert-OH is 2. The number of benzene rings is 1. The molecule has 10 heteroatoms. The predicted molar refractivity (Wildman–Crippen MR) is 125 cm³/mol. The van der Waals surface area contributed by atoms with Crippen LogP contribution in [-0.4, -0.2) is 84.8 Å². The Labute approximate surface area is 214 Å². The number of amides is 1. The molecule has 0 bridgehead atoms. The zero-order valence-electron chi connectivity index (χ0n) is 18.6. The van der Waals surface area contributed by atoms with Crippen molar-refractivity contribution in [2.24, 2.45) is 0 Å². The van der Waals surface area contributed by atoms with Gasteiger partial charge in [-0.05, 0) is 50.1 Å². The third kappa shape index (κ3) is 8.35. The molecule has 2 rings (SSSR count). The maximum atomic E-state index is 13.4. The molecule has 1 aromatic carbocycles. The summed E-state index contributed by atoms with van der Waals surface area (Å²) in [5.41, 5.74) is 1.91. The molecular weight excluding hydrogens is 440 g/mol. The van der Waals surface area contributed by atoms with Gasteiger partial charge < -0.3 is 20.6 Å². The van der Waals surface area contributed by atoms with Crippen LogP contribution in [-0.2, 0) is 4.79 Å². The Morgan fingerprint density at radius 3 is 2.27 bits per heavy atom. The molecular formula is C23H31FN3NaO5. The van der Waals surface area contributed by atoms with Crippen LogP contribution >= 0.6 is 0 Å². The van der Waals surface area contributed by atoms with Gasteiger partial charge in [-0.25, -0.2) is 9.07 Å². The summed E-state index contributed by atoms with van der Waals surface area (Å²) in [5, 5.41) is 36.1. The summed E-state index contributed by atoms with van der Waals surface area (Å²) < 4.78 is 14.9. The molecule has 1 heterocycles. The molecule has 2 atom stereocenters. The van der Waals surface area contributed by atoms with Crippen molar-refractivity contribution < 1.29 is 29.3 Å². The van der Waals surface area contributed by atoms with Crippen molar-refractivity contribution in [3.63, 3.8) is 0 Å². The van der Waals surface area contributed by atoms with Gasteiger partial charge in [0, 0.05) is 18.0 Å². The topological polar surface area (TPSA) is 125 Å². The van der Waals surface area contributed by atoms with Crippen molar-refractivity contribution in [1.82, 2.24) is 15.1 Å². The number of carbonyl (C=O) groups excluding carboxylic acids is 1. The number of aliphatic carboxylic acids is 1. The first-order valence-electron chi connectivity index (χ1n) is 10.4. The first kappa shape index (κ1) is 29.0. The first-order chi connectivity index (χ1) is 15.0. The zero-order valence-corrected chi connectivity index (χ0v) is 18.6. The second-order valence-electron chi connectivity index (χ2n) is 8.23. The fourth-order valence-electron chi connectivity index (χ4n) is 3.29. The monoisotopic (exact) mass is 471 g/mol. The summed E-state index contributed by atoms with van der Waals surface area (Å²) in [4.78, 5) is 23.5. The molecule has 0 fully saturated rings. The molecule has 33 heavy (non-hydrogen) atoms. The Balaban J connectivity index is 0.00000544. The van der Waals surface area contributed by atoms with Gasteiger partial charge in [-0.1, -0.05) is 19.9 Å². The second kappa shape index (κ2) is 13.0. The van der Waals surface area contributed by atoms with Crippen LogP contribution in [0.2, 0.25) is 0 Å². The summed E-state index contributed by atoms with van der Waals surface area (Å²) in [6.07, 6.45) is 0.0362. The molecule has 0 aliphatic heterocycles. The number of halogens is 1. The van der Waals surface area contributed by atoms with Crippen molar-refractivity contribution in [2.75, 3.05) is 0 Å². The number of hydrogen-bond acceptors (Lipinski definition) is 5. The van der Waals surface area contributed by atoms with Crippen LogP contribution in [0.4, 0.5) is 4.39 Å². The number of aromatic nitrogens is 2. The van der Waals surface area contributed by atoms with Crippen LogP contribution in [0.25, 0.3) is 11.8 Å². The van der Waals surface area contributed by atoms with E-state index in [1.807, 2.05) is 27.7 Å². The fraction of sp³-hybridized carbons (Fsp3) is 0.435. The van der Waals surface area contributed by atoms with Crippen molar-refractivity contribution in [3.8, 4) is 5.69 Å². The van der Waals surface area contributed by atoms with E-state index in [2.05, 4.69) is 10.4 Å². The van der Waals surface area contributed by atoms with Gasteiger partial charge in [0.05, 0.1) is 30.0 Å². The van der Waals surface area contributed by atoms with E-state index in [1.165, 1.54) is 35.0 Å².